The van der Waals surface area contributed by atoms with Gasteiger partial charge in [-0.1, -0.05) is 15.9 Å². The van der Waals surface area contributed by atoms with E-state index in [1.165, 1.54) is 24.4 Å². The zero-order chi connectivity index (χ0) is 17.1. The second-order valence-corrected chi connectivity index (χ2v) is 5.60. The fourth-order valence-corrected chi connectivity index (χ4v) is 1.83. The summed E-state index contributed by atoms with van der Waals surface area (Å²) in [5.41, 5.74) is 0.371. The zero-order valence-corrected chi connectivity index (χ0v) is 13.7. The van der Waals surface area contributed by atoms with Gasteiger partial charge in [-0.2, -0.15) is 13.2 Å². The molecule has 0 fully saturated rings. The monoisotopic (exact) mass is 378 g/mol. The number of halogens is 4. The van der Waals surface area contributed by atoms with E-state index in [4.69, 9.17) is 0 Å². The predicted octanol–water partition coefficient (Wildman–Crippen LogP) is 3.52. The van der Waals surface area contributed by atoms with Crippen molar-refractivity contribution in [2.45, 2.75) is 13.1 Å². The third-order valence-corrected chi connectivity index (χ3v) is 3.45. The first kappa shape index (κ1) is 18.2. The normalized spacial score (nSPS) is 11.6. The summed E-state index contributed by atoms with van der Waals surface area (Å²) in [5.74, 6) is -2.65. The lowest BCUT2D eigenvalue weighted by molar-refractivity contribution is -0.167. The Hall–Kier alpha value is -1.83. The number of nitrogens with one attached hydrogen (secondary N) is 1. The van der Waals surface area contributed by atoms with Crippen molar-refractivity contribution in [1.82, 2.24) is 4.90 Å². The number of anilines is 1. The predicted molar refractivity (Wildman–Crippen MR) is 80.7 cm³/mol. The number of carbonyl (C=O) groups excluding carboxylic acids is 2. The smallest absolute Gasteiger partial charge is 0.383 e. The molecule has 4 nitrogen and oxygen atoms in total. The standard InChI is InChI=1S/C14H14BrF3N2O2/c1-8-6-11(19-13(22)14(16,17)18)9(7-10(8)15)12(21)4-5-20(2)3/h4-7H,1-3H3,(H,19,22)/b5-4+. The lowest BCUT2D eigenvalue weighted by Gasteiger charge is -2.13. The molecule has 1 aromatic rings. The minimum Gasteiger partial charge on any atom is -0.383 e. The Morgan fingerprint density at radius 1 is 1.27 bits per heavy atom. The van der Waals surface area contributed by atoms with Crippen molar-refractivity contribution in [2.75, 3.05) is 19.4 Å². The second-order valence-electron chi connectivity index (χ2n) is 4.74. The van der Waals surface area contributed by atoms with Gasteiger partial charge >= 0.3 is 12.1 Å². The summed E-state index contributed by atoms with van der Waals surface area (Å²) in [4.78, 5) is 24.8. The molecule has 22 heavy (non-hydrogen) atoms. The number of alkyl halides is 3. The number of ketones is 1. The lowest BCUT2D eigenvalue weighted by Crippen LogP contribution is -2.30. The van der Waals surface area contributed by atoms with Crippen LogP contribution in [0.1, 0.15) is 15.9 Å². The average molecular weight is 379 g/mol. The third-order valence-electron chi connectivity index (χ3n) is 2.59. The van der Waals surface area contributed by atoms with Gasteiger partial charge in [0, 0.05) is 36.4 Å². The van der Waals surface area contributed by atoms with Crippen LogP contribution in [0.5, 0.6) is 0 Å². The maximum atomic E-state index is 12.4. The Labute approximate surface area is 134 Å². The van der Waals surface area contributed by atoms with E-state index in [-0.39, 0.29) is 11.3 Å². The van der Waals surface area contributed by atoms with E-state index in [1.54, 1.807) is 31.2 Å². The number of allylic oxidation sites excluding steroid dienone is 1. The molecule has 0 unspecified atom stereocenters. The topological polar surface area (TPSA) is 49.4 Å². The van der Waals surface area contributed by atoms with Gasteiger partial charge in [0.15, 0.2) is 5.78 Å². The Morgan fingerprint density at radius 2 is 1.86 bits per heavy atom. The summed E-state index contributed by atoms with van der Waals surface area (Å²) in [6, 6.07) is 2.69. The van der Waals surface area contributed by atoms with Crippen LogP contribution in [0, 0.1) is 6.92 Å². The van der Waals surface area contributed by atoms with Crippen LogP contribution >= 0.6 is 15.9 Å². The van der Waals surface area contributed by atoms with Gasteiger partial charge in [0.25, 0.3) is 0 Å². The summed E-state index contributed by atoms with van der Waals surface area (Å²) in [5, 5.41) is 1.73. The molecule has 0 atom stereocenters. The summed E-state index contributed by atoms with van der Waals surface area (Å²) in [6.45, 7) is 1.64. The molecule has 0 spiro atoms. The molecule has 0 heterocycles. The third kappa shape index (κ3) is 4.87. The van der Waals surface area contributed by atoms with E-state index in [0.717, 1.165) is 0 Å². The van der Waals surface area contributed by atoms with Crippen LogP contribution in [-0.2, 0) is 4.79 Å². The van der Waals surface area contributed by atoms with Crippen LogP contribution in [-0.4, -0.2) is 36.9 Å². The van der Waals surface area contributed by atoms with Crippen molar-refractivity contribution in [2.24, 2.45) is 0 Å². The van der Waals surface area contributed by atoms with Crippen molar-refractivity contribution in [1.29, 1.82) is 0 Å². The van der Waals surface area contributed by atoms with E-state index in [0.29, 0.717) is 10.0 Å². The van der Waals surface area contributed by atoms with Crippen molar-refractivity contribution in [3.63, 3.8) is 0 Å². The highest BCUT2D eigenvalue weighted by Crippen LogP contribution is 2.27. The molecule has 1 aromatic carbocycles. The molecule has 0 bridgehead atoms. The summed E-state index contributed by atoms with van der Waals surface area (Å²) in [7, 11) is 3.39. The van der Waals surface area contributed by atoms with Gasteiger partial charge in [0.05, 0.1) is 5.69 Å². The minimum absolute atomic E-state index is 0.0341. The molecule has 120 valence electrons. The van der Waals surface area contributed by atoms with E-state index in [9.17, 15) is 22.8 Å². The van der Waals surface area contributed by atoms with Crippen LogP contribution < -0.4 is 5.32 Å². The van der Waals surface area contributed by atoms with Crippen LogP contribution in [0.25, 0.3) is 0 Å². The molecule has 1 N–H and O–H groups in total. The molecule has 0 aliphatic carbocycles. The van der Waals surface area contributed by atoms with Gasteiger partial charge in [0.2, 0.25) is 0 Å². The van der Waals surface area contributed by atoms with Crippen LogP contribution in [0.4, 0.5) is 18.9 Å². The van der Waals surface area contributed by atoms with Gasteiger partial charge in [-0.3, -0.25) is 9.59 Å². The van der Waals surface area contributed by atoms with Crippen LogP contribution in [0.2, 0.25) is 0 Å². The van der Waals surface area contributed by atoms with Gasteiger partial charge < -0.3 is 10.2 Å². The van der Waals surface area contributed by atoms with Gasteiger partial charge in [-0.15, -0.1) is 0 Å². The number of benzene rings is 1. The highest BCUT2D eigenvalue weighted by atomic mass is 79.9. The summed E-state index contributed by atoms with van der Waals surface area (Å²) >= 11 is 3.21. The summed E-state index contributed by atoms with van der Waals surface area (Å²) in [6.07, 6.45) is -2.35. The zero-order valence-electron chi connectivity index (χ0n) is 12.1. The first-order valence-electron chi connectivity index (χ1n) is 6.09. The quantitative estimate of drug-likeness (QED) is 0.644. The van der Waals surface area contributed by atoms with Crippen molar-refractivity contribution in [3.8, 4) is 0 Å². The lowest BCUT2D eigenvalue weighted by atomic mass is 10.1. The Bertz CT molecular complexity index is 625. The molecule has 1 amide bonds. The van der Waals surface area contributed by atoms with Crippen LogP contribution in [0.3, 0.4) is 0 Å². The van der Waals surface area contributed by atoms with Crippen LogP contribution in [0.15, 0.2) is 28.9 Å². The van der Waals surface area contributed by atoms with E-state index >= 15 is 0 Å². The number of amides is 1. The van der Waals surface area contributed by atoms with Crippen molar-refractivity contribution >= 4 is 33.3 Å². The van der Waals surface area contributed by atoms with E-state index in [1.807, 2.05) is 0 Å². The van der Waals surface area contributed by atoms with Crippen molar-refractivity contribution in [3.05, 3.63) is 40.0 Å². The van der Waals surface area contributed by atoms with Gasteiger partial charge in [0.1, 0.15) is 0 Å². The number of nitrogens with zero attached hydrogens (tertiary/aromatic N) is 1. The van der Waals surface area contributed by atoms with Crippen molar-refractivity contribution < 1.29 is 22.8 Å². The fraction of sp³-hybridized carbons (Fsp3) is 0.286. The number of aryl methyl sites for hydroxylation is 1. The molecular weight excluding hydrogens is 365 g/mol. The van der Waals surface area contributed by atoms with E-state index < -0.39 is 17.9 Å². The molecule has 0 aliphatic rings. The maximum absolute atomic E-state index is 12.4. The number of carbonyl (C=O) groups is 2. The Morgan fingerprint density at radius 3 is 2.36 bits per heavy atom. The van der Waals surface area contributed by atoms with Gasteiger partial charge in [-0.05, 0) is 24.6 Å². The van der Waals surface area contributed by atoms with Gasteiger partial charge in [-0.25, -0.2) is 0 Å². The molecule has 0 aromatic heterocycles. The molecular formula is C14H14BrF3N2O2. The Balaban J connectivity index is 3.23. The second kappa shape index (κ2) is 6.95. The first-order chi connectivity index (χ1) is 10.0. The molecule has 0 saturated carbocycles. The summed E-state index contributed by atoms with van der Waals surface area (Å²) < 4.78 is 37.7. The first-order valence-corrected chi connectivity index (χ1v) is 6.89. The SMILES string of the molecule is Cc1cc(NC(=O)C(F)(F)F)c(C(=O)/C=C/N(C)C)cc1Br. The molecule has 0 saturated heterocycles. The number of rotatable bonds is 4. The minimum atomic E-state index is -5.03. The highest BCUT2D eigenvalue weighted by molar-refractivity contribution is 9.10. The largest absolute Gasteiger partial charge is 0.471 e. The fourth-order valence-electron chi connectivity index (χ4n) is 1.49. The number of hydrogen-bond acceptors (Lipinski definition) is 3. The van der Waals surface area contributed by atoms with E-state index in [2.05, 4.69) is 15.9 Å². The molecule has 1 rings (SSSR count). The maximum Gasteiger partial charge on any atom is 0.471 e. The molecule has 8 heteroatoms. The number of hydrogen-bond donors (Lipinski definition) is 1. The molecule has 0 aliphatic heterocycles. The molecule has 0 radical (unpaired) electrons. The highest BCUT2D eigenvalue weighted by Gasteiger charge is 2.39. The average Bonchev–Trinajstić information content (AvgIpc) is 2.38. The Kier molecular flexibility index (Phi) is 5.76.